The average Bonchev–Trinajstić information content (AvgIpc) is 3.05. The monoisotopic (exact) mass is 636 g/mol. The van der Waals surface area contributed by atoms with Gasteiger partial charge in [0, 0.05) is 0 Å². The third-order valence-electron chi connectivity index (χ3n) is 6.46. The zero-order chi connectivity index (χ0) is 31.3. The van der Waals surface area contributed by atoms with Gasteiger partial charge in [0.15, 0.2) is 5.40 Å². The molecule has 0 atom stereocenters. The van der Waals surface area contributed by atoms with Crippen LogP contribution in [-0.2, 0) is 63.2 Å². The summed E-state index contributed by atoms with van der Waals surface area (Å²) in [6, 6.07) is 36.4. The lowest BCUT2D eigenvalue weighted by Crippen LogP contribution is -2.23. The molecule has 0 fully saturated rings. The fourth-order valence-corrected chi connectivity index (χ4v) is 9.31. The van der Waals surface area contributed by atoms with Gasteiger partial charge in [-0.25, -0.2) is 0 Å². The number of carbonyl (C=O) groups excluding carboxylic acids is 1. The molecule has 4 aromatic rings. The van der Waals surface area contributed by atoms with Crippen LogP contribution in [0.4, 0.5) is 0 Å². The Bertz CT molecular complexity index is 1320. The summed E-state index contributed by atoms with van der Waals surface area (Å²) in [7, 11) is -8.87. The average molecular weight is 637 g/mol. The first-order valence-electron chi connectivity index (χ1n) is 14.4. The van der Waals surface area contributed by atoms with Crippen LogP contribution >= 0.6 is 15.2 Å². The second-order valence-corrected chi connectivity index (χ2v) is 15.2. The van der Waals surface area contributed by atoms with Crippen molar-refractivity contribution in [1.29, 1.82) is 0 Å². The topological polar surface area (TPSA) is 97.4 Å². The molecule has 0 aliphatic carbocycles. The largest absolute Gasteiger partial charge is 0.463 e. The maximum atomic E-state index is 15.0. The number of ether oxygens (including phenoxy) is 1. The normalized spacial score (nSPS) is 12.0. The van der Waals surface area contributed by atoms with Gasteiger partial charge >= 0.3 is 21.2 Å². The van der Waals surface area contributed by atoms with Crippen LogP contribution in [0.25, 0.3) is 0 Å². The van der Waals surface area contributed by atoms with Crippen LogP contribution in [0.1, 0.15) is 42.5 Å². The van der Waals surface area contributed by atoms with Gasteiger partial charge in [-0.2, -0.15) is 0 Å². The first-order chi connectivity index (χ1) is 21.3. The summed E-state index contributed by atoms with van der Waals surface area (Å²) in [5.41, 5.74) is 2.85. The Balaban J connectivity index is 1.75. The van der Waals surface area contributed by atoms with Crippen LogP contribution in [0, 0.1) is 0 Å². The first-order valence-corrected chi connectivity index (χ1v) is 17.6. The lowest BCUT2D eigenvalue weighted by atomic mass is 10.2. The molecule has 44 heavy (non-hydrogen) atoms. The van der Waals surface area contributed by atoms with Crippen molar-refractivity contribution in [2.75, 3.05) is 0 Å². The Morgan fingerprint density at radius 2 is 0.795 bits per heavy atom. The van der Waals surface area contributed by atoms with Crippen LogP contribution in [0.2, 0.25) is 0 Å². The van der Waals surface area contributed by atoms with Crippen LogP contribution in [0.5, 0.6) is 0 Å². The SMILES string of the molecule is CC(C)OC(=O)CC(P(=O)(OCc1ccccc1)OCc1ccccc1)P(=O)(OCc1ccccc1)OCc1ccccc1. The molecular weight excluding hydrogens is 598 g/mol. The zero-order valence-electron chi connectivity index (χ0n) is 24.9. The molecule has 0 radical (unpaired) electrons. The van der Waals surface area contributed by atoms with Gasteiger partial charge < -0.3 is 22.8 Å². The Morgan fingerprint density at radius 1 is 0.523 bits per heavy atom. The Morgan fingerprint density at radius 3 is 1.05 bits per heavy atom. The minimum atomic E-state index is -4.44. The lowest BCUT2D eigenvalue weighted by Gasteiger charge is -2.32. The van der Waals surface area contributed by atoms with E-state index >= 15 is 0 Å². The highest BCUT2D eigenvalue weighted by atomic mass is 31.2. The molecule has 0 amide bonds. The molecule has 0 aromatic heterocycles. The summed E-state index contributed by atoms with van der Waals surface area (Å²) in [5.74, 6) is -0.733. The minimum absolute atomic E-state index is 0.125. The van der Waals surface area contributed by atoms with Crippen molar-refractivity contribution in [3.8, 4) is 0 Å². The Hall–Kier alpha value is -3.35. The van der Waals surface area contributed by atoms with Crippen LogP contribution in [0.3, 0.4) is 0 Å². The Labute approximate surface area is 259 Å². The number of esters is 1. The highest BCUT2D eigenvalue weighted by Gasteiger charge is 2.53. The van der Waals surface area contributed by atoms with E-state index in [2.05, 4.69) is 0 Å². The number of benzene rings is 4. The van der Waals surface area contributed by atoms with E-state index in [0.717, 1.165) is 0 Å². The molecule has 4 aromatic carbocycles. The molecule has 0 unspecified atom stereocenters. The van der Waals surface area contributed by atoms with E-state index in [0.29, 0.717) is 22.3 Å². The molecule has 0 spiro atoms. The smallest absolute Gasteiger partial charge is 0.347 e. The van der Waals surface area contributed by atoms with Gasteiger partial charge in [-0.05, 0) is 36.1 Å². The molecule has 4 rings (SSSR count). The maximum Gasteiger partial charge on any atom is 0.347 e. The summed E-state index contributed by atoms with van der Waals surface area (Å²) in [4.78, 5) is 13.2. The Kier molecular flexibility index (Phi) is 12.7. The molecule has 10 heteroatoms. The highest BCUT2D eigenvalue weighted by molar-refractivity contribution is 7.72. The number of rotatable bonds is 17. The summed E-state index contributed by atoms with van der Waals surface area (Å²) in [6.45, 7) is 2.89. The van der Waals surface area contributed by atoms with E-state index in [-0.39, 0.29) is 26.4 Å². The van der Waals surface area contributed by atoms with Gasteiger partial charge in [0.25, 0.3) is 0 Å². The van der Waals surface area contributed by atoms with Gasteiger partial charge in [0.1, 0.15) is 0 Å². The third kappa shape index (κ3) is 10.4. The number of carbonyl (C=O) groups is 1. The van der Waals surface area contributed by atoms with Gasteiger partial charge in [0.2, 0.25) is 0 Å². The predicted octanol–water partition coefficient (Wildman–Crippen LogP) is 8.91. The van der Waals surface area contributed by atoms with E-state index in [4.69, 9.17) is 22.8 Å². The van der Waals surface area contributed by atoms with E-state index < -0.39 is 39.1 Å². The fraction of sp³-hybridized carbons (Fsp3) is 0.265. The lowest BCUT2D eigenvalue weighted by molar-refractivity contribution is -0.147. The van der Waals surface area contributed by atoms with Crippen molar-refractivity contribution in [1.82, 2.24) is 0 Å². The molecule has 232 valence electrons. The van der Waals surface area contributed by atoms with Crippen molar-refractivity contribution < 1.29 is 36.8 Å². The van der Waals surface area contributed by atoms with Crippen molar-refractivity contribution in [2.24, 2.45) is 0 Å². The molecular formula is C34H38O8P2. The summed E-state index contributed by atoms with van der Waals surface area (Å²) in [6.07, 6.45) is -1.05. The fourth-order valence-electron chi connectivity index (χ4n) is 4.23. The van der Waals surface area contributed by atoms with E-state index in [1.807, 2.05) is 72.8 Å². The van der Waals surface area contributed by atoms with Crippen LogP contribution < -0.4 is 0 Å². The van der Waals surface area contributed by atoms with Gasteiger partial charge in [0.05, 0.1) is 39.0 Å². The van der Waals surface area contributed by atoms with E-state index in [1.54, 1.807) is 62.4 Å². The zero-order valence-corrected chi connectivity index (χ0v) is 26.7. The standard InChI is InChI=1S/C34H38O8P2/c1-28(2)42-33(35)23-34(43(36,38-24-29-15-7-3-8-16-29)39-25-30-17-9-4-10-18-30)44(37,40-26-31-19-11-5-12-20-31)41-27-32-21-13-6-14-22-32/h3-22,28,34H,23-27H2,1-2H3. The molecule has 0 bridgehead atoms. The third-order valence-corrected chi connectivity index (χ3v) is 11.9. The van der Waals surface area contributed by atoms with Crippen molar-refractivity contribution in [3.05, 3.63) is 144 Å². The molecule has 8 nitrogen and oxygen atoms in total. The number of hydrogen-bond donors (Lipinski definition) is 0. The van der Waals surface area contributed by atoms with Crippen molar-refractivity contribution >= 4 is 21.2 Å². The summed E-state index contributed by atoms with van der Waals surface area (Å²) >= 11 is 0. The van der Waals surface area contributed by atoms with Crippen LogP contribution in [0.15, 0.2) is 121 Å². The van der Waals surface area contributed by atoms with Gasteiger partial charge in [-0.3, -0.25) is 13.9 Å². The minimum Gasteiger partial charge on any atom is -0.463 e. The molecule has 0 saturated heterocycles. The first kappa shape index (κ1) is 33.5. The summed E-state index contributed by atoms with van der Waals surface area (Å²) in [5, 5.41) is -1.62. The van der Waals surface area contributed by atoms with E-state index in [9.17, 15) is 13.9 Å². The van der Waals surface area contributed by atoms with Crippen LogP contribution in [-0.4, -0.2) is 17.5 Å². The second kappa shape index (κ2) is 16.6. The molecule has 0 heterocycles. The molecule has 0 saturated carbocycles. The van der Waals surface area contributed by atoms with Crippen molar-refractivity contribution in [3.63, 3.8) is 0 Å². The number of hydrogen-bond acceptors (Lipinski definition) is 8. The van der Waals surface area contributed by atoms with Gasteiger partial charge in [-0.15, -0.1) is 0 Å². The van der Waals surface area contributed by atoms with Gasteiger partial charge in [-0.1, -0.05) is 121 Å². The predicted molar refractivity (Wildman–Crippen MR) is 170 cm³/mol. The summed E-state index contributed by atoms with van der Waals surface area (Å²) < 4.78 is 59.5. The highest BCUT2D eigenvalue weighted by Crippen LogP contribution is 2.72. The van der Waals surface area contributed by atoms with E-state index in [1.165, 1.54) is 0 Å². The molecule has 0 N–H and O–H groups in total. The molecule has 0 aliphatic rings. The maximum absolute atomic E-state index is 15.0. The second-order valence-electron chi connectivity index (χ2n) is 10.3. The van der Waals surface area contributed by atoms with Crippen molar-refractivity contribution in [2.45, 2.75) is 58.2 Å². The molecule has 0 aliphatic heterocycles. The quantitative estimate of drug-likeness (QED) is 0.0837.